The highest BCUT2D eigenvalue weighted by Crippen LogP contribution is 1.92. The van der Waals surface area contributed by atoms with Gasteiger partial charge >= 0.3 is 6.09 Å². The largest absolute Gasteiger partial charge is 0.453 e. The van der Waals surface area contributed by atoms with Crippen LogP contribution in [0.1, 0.15) is 6.92 Å². The third-order valence-electron chi connectivity index (χ3n) is 1.17. The van der Waals surface area contributed by atoms with Gasteiger partial charge in [-0.2, -0.15) is 0 Å². The number of alkyl halides is 1. The van der Waals surface area contributed by atoms with Crippen molar-refractivity contribution >= 4 is 17.7 Å². The molecule has 0 aliphatic carbocycles. The minimum Gasteiger partial charge on any atom is -0.453 e. The fourth-order valence-corrected chi connectivity index (χ4v) is 0.814. The van der Waals surface area contributed by atoms with Crippen molar-refractivity contribution in [1.82, 2.24) is 4.90 Å². The molecule has 3 nitrogen and oxygen atoms in total. The van der Waals surface area contributed by atoms with Gasteiger partial charge in [0.2, 0.25) is 0 Å². The summed E-state index contributed by atoms with van der Waals surface area (Å²) in [4.78, 5) is 12.3. The van der Waals surface area contributed by atoms with Gasteiger partial charge in [-0.1, -0.05) is 0 Å². The Morgan fingerprint density at radius 1 is 1.70 bits per heavy atom. The van der Waals surface area contributed by atoms with Crippen LogP contribution in [0.5, 0.6) is 0 Å². The second kappa shape index (κ2) is 5.35. The molecule has 0 fully saturated rings. The van der Waals surface area contributed by atoms with Gasteiger partial charge in [-0.25, -0.2) is 4.79 Å². The Morgan fingerprint density at radius 2 is 2.30 bits per heavy atom. The fourth-order valence-electron chi connectivity index (χ4n) is 0.610. The van der Waals surface area contributed by atoms with E-state index < -0.39 is 0 Å². The first-order chi connectivity index (χ1) is 4.76. The average molecular weight is 166 g/mol. The number of amides is 1. The zero-order valence-corrected chi connectivity index (χ0v) is 7.02. The van der Waals surface area contributed by atoms with E-state index in [-0.39, 0.29) is 6.09 Å². The number of nitrogens with zero attached hydrogens (tertiary/aromatic N) is 1. The van der Waals surface area contributed by atoms with Crippen molar-refractivity contribution in [2.45, 2.75) is 6.92 Å². The van der Waals surface area contributed by atoms with Crippen LogP contribution in [0.25, 0.3) is 0 Å². The van der Waals surface area contributed by atoms with E-state index in [1.807, 2.05) is 6.92 Å². The quantitative estimate of drug-likeness (QED) is 0.591. The third-order valence-corrected chi connectivity index (χ3v) is 1.34. The summed E-state index contributed by atoms with van der Waals surface area (Å²) in [5, 5.41) is 0. The lowest BCUT2D eigenvalue weighted by Crippen LogP contribution is -2.32. The summed E-state index contributed by atoms with van der Waals surface area (Å²) < 4.78 is 4.48. The van der Waals surface area contributed by atoms with Crippen molar-refractivity contribution in [3.8, 4) is 0 Å². The van der Waals surface area contributed by atoms with Gasteiger partial charge in [-0.3, -0.25) is 0 Å². The van der Waals surface area contributed by atoms with Gasteiger partial charge in [0, 0.05) is 19.0 Å². The van der Waals surface area contributed by atoms with Crippen LogP contribution in [0.2, 0.25) is 0 Å². The summed E-state index contributed by atoms with van der Waals surface area (Å²) in [5.74, 6) is 0.447. The SMILES string of the molecule is CCN(CCCl)C(=O)OC. The smallest absolute Gasteiger partial charge is 0.409 e. The number of carbonyl (C=O) groups excluding carboxylic acids is 1. The maximum Gasteiger partial charge on any atom is 0.409 e. The molecule has 10 heavy (non-hydrogen) atoms. The number of carbonyl (C=O) groups is 1. The van der Waals surface area contributed by atoms with Crippen LogP contribution in [-0.2, 0) is 4.74 Å². The van der Waals surface area contributed by atoms with Crippen molar-refractivity contribution < 1.29 is 9.53 Å². The van der Waals surface area contributed by atoms with E-state index in [2.05, 4.69) is 4.74 Å². The Hall–Kier alpha value is -0.440. The minimum absolute atomic E-state index is 0.317. The van der Waals surface area contributed by atoms with Crippen molar-refractivity contribution in [2.24, 2.45) is 0 Å². The topological polar surface area (TPSA) is 29.5 Å². The van der Waals surface area contributed by atoms with E-state index in [4.69, 9.17) is 11.6 Å². The predicted octanol–water partition coefficient (Wildman–Crippen LogP) is 1.31. The van der Waals surface area contributed by atoms with Crippen LogP contribution in [0, 0.1) is 0 Å². The second-order valence-electron chi connectivity index (χ2n) is 1.74. The van der Waals surface area contributed by atoms with E-state index in [1.165, 1.54) is 12.0 Å². The van der Waals surface area contributed by atoms with Crippen molar-refractivity contribution in [2.75, 3.05) is 26.1 Å². The van der Waals surface area contributed by atoms with Crippen LogP contribution in [0.4, 0.5) is 4.79 Å². The molecule has 0 spiro atoms. The molecule has 0 radical (unpaired) electrons. The molecule has 0 atom stereocenters. The van der Waals surface area contributed by atoms with E-state index >= 15 is 0 Å². The molecule has 1 amide bonds. The van der Waals surface area contributed by atoms with Gasteiger partial charge in [0.25, 0.3) is 0 Å². The lowest BCUT2D eigenvalue weighted by Gasteiger charge is -2.16. The highest BCUT2D eigenvalue weighted by atomic mass is 35.5. The second-order valence-corrected chi connectivity index (χ2v) is 2.12. The minimum atomic E-state index is -0.317. The monoisotopic (exact) mass is 165 g/mol. The Bertz CT molecular complexity index is 108. The zero-order chi connectivity index (χ0) is 7.98. The third kappa shape index (κ3) is 2.92. The lowest BCUT2D eigenvalue weighted by molar-refractivity contribution is 0.128. The molecule has 0 aromatic rings. The summed E-state index contributed by atoms with van der Waals surface area (Å²) in [6.45, 7) is 3.06. The van der Waals surface area contributed by atoms with E-state index in [0.717, 1.165) is 0 Å². The first-order valence-electron chi connectivity index (χ1n) is 3.15. The summed E-state index contributed by atoms with van der Waals surface area (Å²) in [5.41, 5.74) is 0. The highest BCUT2D eigenvalue weighted by Gasteiger charge is 2.08. The molecule has 0 heterocycles. The fraction of sp³-hybridized carbons (Fsp3) is 0.833. The number of hydrogen-bond acceptors (Lipinski definition) is 2. The Kier molecular flexibility index (Phi) is 5.12. The molecule has 0 aromatic carbocycles. The molecule has 0 saturated carbocycles. The summed E-state index contributed by atoms with van der Waals surface area (Å²) in [7, 11) is 1.36. The number of hydrogen-bond donors (Lipinski definition) is 0. The number of rotatable bonds is 3. The molecule has 0 saturated heterocycles. The zero-order valence-electron chi connectivity index (χ0n) is 6.26. The van der Waals surface area contributed by atoms with Gasteiger partial charge in [0.1, 0.15) is 0 Å². The molecule has 4 heteroatoms. The molecule has 60 valence electrons. The average Bonchev–Trinajstić information content (AvgIpc) is 1.99. The summed E-state index contributed by atoms with van der Waals surface area (Å²) in [6.07, 6.45) is -0.317. The number of ether oxygens (including phenoxy) is 1. The lowest BCUT2D eigenvalue weighted by atomic mass is 10.5. The molecule has 0 aliphatic rings. The van der Waals surface area contributed by atoms with Gasteiger partial charge in [-0.05, 0) is 6.92 Å². The first kappa shape index (κ1) is 9.56. The van der Waals surface area contributed by atoms with Gasteiger partial charge in [-0.15, -0.1) is 11.6 Å². The molecular formula is C6H12ClNO2. The van der Waals surface area contributed by atoms with Crippen LogP contribution < -0.4 is 0 Å². The molecule has 0 aliphatic heterocycles. The molecule has 0 N–H and O–H groups in total. The van der Waals surface area contributed by atoms with E-state index in [1.54, 1.807) is 0 Å². The molecule has 0 bridgehead atoms. The predicted molar refractivity (Wildman–Crippen MR) is 40.4 cm³/mol. The van der Waals surface area contributed by atoms with Crippen molar-refractivity contribution in [3.05, 3.63) is 0 Å². The highest BCUT2D eigenvalue weighted by molar-refractivity contribution is 6.18. The maximum absolute atomic E-state index is 10.8. The molecule has 0 rings (SSSR count). The van der Waals surface area contributed by atoms with Gasteiger partial charge in [0.15, 0.2) is 0 Å². The van der Waals surface area contributed by atoms with Crippen LogP contribution >= 0.6 is 11.6 Å². The van der Waals surface area contributed by atoms with Crippen molar-refractivity contribution in [3.63, 3.8) is 0 Å². The Balaban J connectivity index is 3.68. The molecule has 0 aromatic heterocycles. The van der Waals surface area contributed by atoms with E-state index in [9.17, 15) is 4.79 Å². The van der Waals surface area contributed by atoms with Gasteiger partial charge in [0.05, 0.1) is 7.11 Å². The van der Waals surface area contributed by atoms with E-state index in [0.29, 0.717) is 19.0 Å². The normalized spacial score (nSPS) is 9.10. The molecule has 0 unspecified atom stereocenters. The van der Waals surface area contributed by atoms with Gasteiger partial charge < -0.3 is 9.64 Å². The Labute approximate surface area is 65.9 Å². The summed E-state index contributed by atoms with van der Waals surface area (Å²) in [6, 6.07) is 0. The molecular weight excluding hydrogens is 154 g/mol. The van der Waals surface area contributed by atoms with Crippen LogP contribution in [0.15, 0.2) is 0 Å². The summed E-state index contributed by atoms with van der Waals surface area (Å²) >= 11 is 5.43. The number of methoxy groups -OCH3 is 1. The van der Waals surface area contributed by atoms with Crippen molar-refractivity contribution in [1.29, 1.82) is 0 Å². The maximum atomic E-state index is 10.8. The van der Waals surface area contributed by atoms with Crippen LogP contribution in [-0.4, -0.2) is 37.1 Å². The first-order valence-corrected chi connectivity index (χ1v) is 3.68. The number of halogens is 1. The Morgan fingerprint density at radius 3 is 2.60 bits per heavy atom. The van der Waals surface area contributed by atoms with Crippen LogP contribution in [0.3, 0.4) is 0 Å². The standard InChI is InChI=1S/C6H12ClNO2/c1-3-8(5-4-7)6(9)10-2/h3-5H2,1-2H3.